The number of anilines is 1. The Balaban J connectivity index is 2.04. The van der Waals surface area contributed by atoms with Crippen molar-refractivity contribution < 1.29 is 4.79 Å². The van der Waals surface area contributed by atoms with E-state index in [1.165, 1.54) is 0 Å². The van der Waals surface area contributed by atoms with Crippen LogP contribution in [0.1, 0.15) is 15.9 Å². The lowest BCUT2D eigenvalue weighted by atomic mass is 10.1. The van der Waals surface area contributed by atoms with Crippen LogP contribution in [0.3, 0.4) is 0 Å². The van der Waals surface area contributed by atoms with E-state index in [9.17, 15) is 4.79 Å². The van der Waals surface area contributed by atoms with Crippen LogP contribution < -0.4 is 10.6 Å². The molecular weight excluding hydrogens is 454 g/mol. The number of hydrogen-bond donors (Lipinski definition) is 2. The van der Waals surface area contributed by atoms with Gasteiger partial charge in [0.05, 0.1) is 0 Å². The summed E-state index contributed by atoms with van der Waals surface area (Å²) in [4.78, 5) is 12.1. The summed E-state index contributed by atoms with van der Waals surface area (Å²) in [7, 11) is 0. The first-order valence-electron chi connectivity index (χ1n) is 6.20. The smallest absolute Gasteiger partial charge is 0.257 e. The molecule has 2 rings (SSSR count). The summed E-state index contributed by atoms with van der Waals surface area (Å²) in [5, 5.41) is 6.65. The number of nitrogens with one attached hydrogen (secondary N) is 2. The molecule has 2 aromatic carbocycles. The van der Waals surface area contributed by atoms with Crippen molar-refractivity contribution in [1.82, 2.24) is 5.32 Å². The number of carbonyl (C=O) groups is 1. The van der Waals surface area contributed by atoms with Gasteiger partial charge in [0.1, 0.15) is 0 Å². The Morgan fingerprint density at radius 1 is 1.14 bits per heavy atom. The summed E-state index contributed by atoms with van der Waals surface area (Å²) in [6, 6.07) is 10.4. The van der Waals surface area contributed by atoms with Crippen molar-refractivity contribution in [3.8, 4) is 0 Å². The van der Waals surface area contributed by atoms with Crippen LogP contribution in [0.5, 0.6) is 0 Å². The Morgan fingerprint density at radius 2 is 1.77 bits per heavy atom. The van der Waals surface area contributed by atoms with Gasteiger partial charge >= 0.3 is 0 Å². The van der Waals surface area contributed by atoms with Crippen LogP contribution in [0.15, 0.2) is 36.4 Å². The molecule has 114 valence electrons. The van der Waals surface area contributed by atoms with Gasteiger partial charge in [0.15, 0.2) is 5.11 Å². The average molecular weight is 465 g/mol. The Kier molecular flexibility index (Phi) is 6.02. The molecule has 0 aliphatic rings. The number of halogens is 3. The number of aryl methyl sites for hydroxylation is 1. The molecule has 0 heterocycles. The highest BCUT2D eigenvalue weighted by molar-refractivity contribution is 14.1. The first-order chi connectivity index (χ1) is 10.3. The highest BCUT2D eigenvalue weighted by Gasteiger charge is 2.09. The molecule has 0 fully saturated rings. The zero-order valence-corrected chi connectivity index (χ0v) is 15.9. The zero-order valence-electron chi connectivity index (χ0n) is 11.4. The summed E-state index contributed by atoms with van der Waals surface area (Å²) in [5.41, 5.74) is 2.27. The largest absolute Gasteiger partial charge is 0.332 e. The van der Waals surface area contributed by atoms with Gasteiger partial charge < -0.3 is 5.32 Å². The van der Waals surface area contributed by atoms with Gasteiger partial charge in [-0.3, -0.25) is 10.1 Å². The van der Waals surface area contributed by atoms with Crippen LogP contribution in [0.4, 0.5) is 5.69 Å². The van der Waals surface area contributed by atoms with Gasteiger partial charge in [0, 0.05) is 24.9 Å². The Labute approximate surface area is 157 Å². The molecule has 0 radical (unpaired) electrons. The Bertz CT molecular complexity index is 732. The molecule has 0 aliphatic heterocycles. The molecule has 0 spiro atoms. The van der Waals surface area contributed by atoms with Crippen LogP contribution in [0, 0.1) is 10.5 Å². The second-order valence-corrected chi connectivity index (χ2v) is 6.97. The molecule has 7 heteroatoms. The molecule has 0 atom stereocenters. The van der Waals surface area contributed by atoms with Crippen LogP contribution in [-0.2, 0) is 0 Å². The van der Waals surface area contributed by atoms with E-state index in [0.29, 0.717) is 21.3 Å². The van der Waals surface area contributed by atoms with Gasteiger partial charge in [0.25, 0.3) is 5.91 Å². The van der Waals surface area contributed by atoms with Crippen molar-refractivity contribution in [3.63, 3.8) is 0 Å². The lowest BCUT2D eigenvalue weighted by Gasteiger charge is -2.11. The van der Waals surface area contributed by atoms with Crippen LogP contribution in [-0.4, -0.2) is 11.0 Å². The predicted molar refractivity (Wildman–Crippen MR) is 104 cm³/mol. The maximum Gasteiger partial charge on any atom is 0.257 e. The standard InChI is InChI=1S/C15H11Cl2IN2OS/c1-8-2-3-9(4-13(8)18)14(21)20-15(22)19-12-6-10(16)5-11(17)7-12/h2-7H,1H3,(H2,19,20,21,22). The van der Waals surface area contributed by atoms with Gasteiger partial charge in [-0.2, -0.15) is 0 Å². The fourth-order valence-corrected chi connectivity index (χ4v) is 2.95. The monoisotopic (exact) mass is 464 g/mol. The third-order valence-corrected chi connectivity index (χ3v) is 4.58. The van der Waals surface area contributed by atoms with Gasteiger partial charge in [-0.15, -0.1) is 0 Å². The molecule has 2 N–H and O–H groups in total. The maximum absolute atomic E-state index is 12.1. The molecule has 0 aromatic heterocycles. The van der Waals surface area contributed by atoms with Crippen molar-refractivity contribution in [1.29, 1.82) is 0 Å². The average Bonchev–Trinajstić information content (AvgIpc) is 2.40. The minimum Gasteiger partial charge on any atom is -0.332 e. The SMILES string of the molecule is Cc1ccc(C(=O)NC(=S)Nc2cc(Cl)cc(Cl)c2)cc1I. The number of carbonyl (C=O) groups excluding carboxylic acids is 1. The lowest BCUT2D eigenvalue weighted by molar-refractivity contribution is 0.0977. The summed E-state index contributed by atoms with van der Waals surface area (Å²) >= 11 is 19.1. The highest BCUT2D eigenvalue weighted by Crippen LogP contribution is 2.22. The van der Waals surface area contributed by atoms with Crippen LogP contribution >= 0.6 is 58.0 Å². The molecular formula is C15H11Cl2IN2OS. The third kappa shape index (κ3) is 4.81. The normalized spacial score (nSPS) is 10.2. The van der Waals surface area contributed by atoms with E-state index in [-0.39, 0.29) is 11.0 Å². The van der Waals surface area contributed by atoms with E-state index < -0.39 is 0 Å². The summed E-state index contributed by atoms with van der Waals surface area (Å²) in [6.07, 6.45) is 0. The van der Waals surface area contributed by atoms with E-state index in [1.54, 1.807) is 24.3 Å². The molecule has 0 aliphatic carbocycles. The topological polar surface area (TPSA) is 41.1 Å². The molecule has 0 bridgehead atoms. The second kappa shape index (κ2) is 7.59. The maximum atomic E-state index is 12.1. The molecule has 2 aromatic rings. The molecule has 0 unspecified atom stereocenters. The third-order valence-electron chi connectivity index (χ3n) is 2.78. The van der Waals surface area contributed by atoms with Crippen molar-refractivity contribution in [2.75, 3.05) is 5.32 Å². The lowest BCUT2D eigenvalue weighted by Crippen LogP contribution is -2.34. The first-order valence-corrected chi connectivity index (χ1v) is 8.44. The first kappa shape index (κ1) is 17.5. The molecule has 1 amide bonds. The molecule has 22 heavy (non-hydrogen) atoms. The van der Waals surface area contributed by atoms with Crippen molar-refractivity contribution in [3.05, 3.63) is 61.1 Å². The van der Waals surface area contributed by atoms with Crippen molar-refractivity contribution in [2.45, 2.75) is 6.92 Å². The van der Waals surface area contributed by atoms with E-state index in [0.717, 1.165) is 9.13 Å². The van der Waals surface area contributed by atoms with Gasteiger partial charge in [-0.25, -0.2) is 0 Å². The number of benzene rings is 2. The summed E-state index contributed by atoms with van der Waals surface area (Å²) in [5.74, 6) is -0.274. The van der Waals surface area contributed by atoms with Crippen molar-refractivity contribution >= 4 is 74.7 Å². The van der Waals surface area contributed by atoms with Crippen LogP contribution in [0.2, 0.25) is 10.0 Å². The van der Waals surface area contributed by atoms with E-state index >= 15 is 0 Å². The van der Waals surface area contributed by atoms with Gasteiger partial charge in [0.2, 0.25) is 0 Å². The fraction of sp³-hybridized carbons (Fsp3) is 0.0667. The van der Waals surface area contributed by atoms with Crippen molar-refractivity contribution in [2.24, 2.45) is 0 Å². The number of thiocarbonyl (C=S) groups is 1. The minimum atomic E-state index is -0.274. The predicted octanol–water partition coefficient (Wildman–Crippen LogP) is 5.03. The minimum absolute atomic E-state index is 0.180. The molecule has 0 saturated carbocycles. The number of hydrogen-bond acceptors (Lipinski definition) is 2. The van der Waals surface area contributed by atoms with Crippen LogP contribution in [0.25, 0.3) is 0 Å². The number of rotatable bonds is 2. The number of amides is 1. The highest BCUT2D eigenvalue weighted by atomic mass is 127. The summed E-state index contributed by atoms with van der Waals surface area (Å²) < 4.78 is 1.02. The Hall–Kier alpha value is -0.890. The zero-order chi connectivity index (χ0) is 16.3. The molecule has 0 saturated heterocycles. The Morgan fingerprint density at radius 3 is 2.36 bits per heavy atom. The van der Waals surface area contributed by atoms with Gasteiger partial charge in [-0.1, -0.05) is 29.3 Å². The van der Waals surface area contributed by atoms with Gasteiger partial charge in [-0.05, 0) is 77.6 Å². The summed E-state index contributed by atoms with van der Waals surface area (Å²) in [6.45, 7) is 1.98. The second-order valence-electron chi connectivity index (χ2n) is 4.53. The fourth-order valence-electron chi connectivity index (χ4n) is 1.70. The van der Waals surface area contributed by atoms with E-state index in [2.05, 4.69) is 33.2 Å². The quantitative estimate of drug-likeness (QED) is 0.483. The van der Waals surface area contributed by atoms with E-state index in [4.69, 9.17) is 35.4 Å². The molecule has 3 nitrogen and oxygen atoms in total. The van der Waals surface area contributed by atoms with E-state index in [1.807, 2.05) is 19.1 Å².